The highest BCUT2D eigenvalue weighted by Crippen LogP contribution is 2.51. The van der Waals surface area contributed by atoms with Gasteiger partial charge in [-0.1, -0.05) is 12.1 Å². The molecule has 3 aliphatic rings. The highest BCUT2D eigenvalue weighted by Gasteiger charge is 2.53. The van der Waals surface area contributed by atoms with Crippen molar-refractivity contribution in [1.82, 2.24) is 0 Å². The summed E-state index contributed by atoms with van der Waals surface area (Å²) in [5.41, 5.74) is 2.12. The molecule has 4 N–H and O–H groups in total. The van der Waals surface area contributed by atoms with Gasteiger partial charge in [0.1, 0.15) is 24.1 Å². The third-order valence-corrected chi connectivity index (χ3v) is 7.94. The first-order valence-electron chi connectivity index (χ1n) is 13.3. The fraction of sp³-hybridized carbons (Fsp3) is 0.433. The fourth-order valence-electron chi connectivity index (χ4n) is 5.66. The smallest absolute Gasteiger partial charge is 0.338 e. The summed E-state index contributed by atoms with van der Waals surface area (Å²) in [5, 5.41) is 41.2. The molecule has 2 aliphatic heterocycles. The minimum absolute atomic E-state index is 0.0644. The van der Waals surface area contributed by atoms with Gasteiger partial charge in [0.05, 0.1) is 30.3 Å². The first kappa shape index (κ1) is 28.9. The Morgan fingerprint density at radius 3 is 2.54 bits per heavy atom. The van der Waals surface area contributed by atoms with Gasteiger partial charge >= 0.3 is 11.9 Å². The normalized spacial score (nSPS) is 28.7. The number of fused-ring (bicyclic) bond motifs is 2. The lowest BCUT2D eigenvalue weighted by atomic mass is 9.86. The molecule has 1 aliphatic carbocycles. The van der Waals surface area contributed by atoms with Gasteiger partial charge in [0, 0.05) is 18.1 Å². The van der Waals surface area contributed by atoms with E-state index in [1.807, 2.05) is 0 Å². The van der Waals surface area contributed by atoms with Gasteiger partial charge in [0.25, 0.3) is 0 Å². The van der Waals surface area contributed by atoms with Gasteiger partial charge in [0.2, 0.25) is 0 Å². The molecule has 0 aromatic heterocycles. The summed E-state index contributed by atoms with van der Waals surface area (Å²) in [7, 11) is 0. The predicted octanol–water partition coefficient (Wildman–Crippen LogP) is 1.76. The molecule has 1 saturated heterocycles. The monoisotopic (exact) mass is 568 g/mol. The van der Waals surface area contributed by atoms with E-state index in [1.54, 1.807) is 39.0 Å². The van der Waals surface area contributed by atoms with Crippen LogP contribution in [0, 0.1) is 12.3 Å². The first-order chi connectivity index (χ1) is 19.4. The van der Waals surface area contributed by atoms with Crippen LogP contribution in [-0.4, -0.2) is 82.1 Å². The second kappa shape index (κ2) is 11.0. The summed E-state index contributed by atoms with van der Waals surface area (Å²) < 4.78 is 22.4. The lowest BCUT2D eigenvalue weighted by Gasteiger charge is -2.43. The number of carbonyl (C=O) groups is 3. The molecule has 0 spiro atoms. The van der Waals surface area contributed by atoms with E-state index in [9.17, 15) is 34.8 Å². The highest BCUT2D eigenvalue weighted by molar-refractivity contribution is 6.08. The number of cyclic esters (lactones) is 1. The maximum atomic E-state index is 13.5. The molecule has 2 aromatic carbocycles. The molecule has 2 heterocycles. The van der Waals surface area contributed by atoms with E-state index >= 15 is 0 Å². The highest BCUT2D eigenvalue weighted by atomic mass is 16.7. The number of phenols is 1. The summed E-state index contributed by atoms with van der Waals surface area (Å²) in [4.78, 5) is 38.5. The number of carbonyl (C=O) groups excluding carboxylic acids is 3. The van der Waals surface area contributed by atoms with Crippen LogP contribution in [0.15, 0.2) is 36.4 Å². The van der Waals surface area contributed by atoms with Gasteiger partial charge in [-0.2, -0.15) is 0 Å². The number of esters is 2. The topological polar surface area (TPSA) is 169 Å². The van der Waals surface area contributed by atoms with Crippen molar-refractivity contribution >= 4 is 23.8 Å². The van der Waals surface area contributed by atoms with E-state index in [0.29, 0.717) is 34.2 Å². The SMILES string of the molecule is Cc1c2c(cc3c1C(=O)C(C)(C)C3OC1OC(CO)C(OC(=O)C=Cc3ccc(O)cc3)C(O)C1O)C(=O)OCC2. The Morgan fingerprint density at radius 1 is 1.15 bits per heavy atom. The minimum atomic E-state index is -1.71. The maximum Gasteiger partial charge on any atom is 0.338 e. The van der Waals surface area contributed by atoms with Crippen LogP contribution in [0.4, 0.5) is 0 Å². The van der Waals surface area contributed by atoms with Crippen LogP contribution >= 0.6 is 0 Å². The van der Waals surface area contributed by atoms with Crippen LogP contribution < -0.4 is 0 Å². The quantitative estimate of drug-likeness (QED) is 0.296. The number of phenolic OH excluding ortho intramolecular Hbond substituents is 1. The van der Waals surface area contributed by atoms with Gasteiger partial charge in [-0.3, -0.25) is 4.79 Å². The van der Waals surface area contributed by atoms with Crippen molar-refractivity contribution in [3.05, 3.63) is 69.8 Å². The Labute approximate surface area is 235 Å². The van der Waals surface area contributed by atoms with E-state index in [2.05, 4.69) is 0 Å². The molecule has 41 heavy (non-hydrogen) atoms. The van der Waals surface area contributed by atoms with Crippen LogP contribution in [0.2, 0.25) is 0 Å². The van der Waals surface area contributed by atoms with Crippen molar-refractivity contribution in [3.63, 3.8) is 0 Å². The molecular weight excluding hydrogens is 536 g/mol. The number of rotatable bonds is 6. The zero-order valence-electron chi connectivity index (χ0n) is 22.8. The Kier molecular flexibility index (Phi) is 7.75. The van der Waals surface area contributed by atoms with Crippen molar-refractivity contribution in [2.24, 2.45) is 5.41 Å². The molecule has 5 rings (SSSR count). The average molecular weight is 569 g/mol. The number of hydrogen-bond donors (Lipinski definition) is 4. The second-order valence-corrected chi connectivity index (χ2v) is 11.0. The van der Waals surface area contributed by atoms with Crippen molar-refractivity contribution in [2.75, 3.05) is 13.2 Å². The summed E-state index contributed by atoms with van der Waals surface area (Å²) in [6, 6.07) is 7.63. The number of aliphatic hydroxyl groups excluding tert-OH is 3. The number of ether oxygens (including phenoxy) is 4. The van der Waals surface area contributed by atoms with Gasteiger partial charge in [-0.15, -0.1) is 0 Å². The Balaban J connectivity index is 1.36. The van der Waals surface area contributed by atoms with E-state index in [4.69, 9.17) is 18.9 Å². The van der Waals surface area contributed by atoms with Crippen molar-refractivity contribution < 1.29 is 53.8 Å². The van der Waals surface area contributed by atoms with Crippen LogP contribution in [0.5, 0.6) is 5.75 Å². The van der Waals surface area contributed by atoms with Crippen molar-refractivity contribution in [3.8, 4) is 5.75 Å². The standard InChI is InChI=1S/C30H32O11/c1-14-17-10-11-38-28(37)18(17)12-19-22(14)26(36)30(2,3)27(19)41-29-24(35)23(34)25(20(13-31)39-29)40-21(33)9-6-15-4-7-16(32)8-5-15/h4-9,12,20,23-25,27,29,31-32,34-35H,10-11,13H2,1-3H3. The molecule has 2 aromatic rings. The van der Waals surface area contributed by atoms with Crippen molar-refractivity contribution in [2.45, 2.75) is 64.0 Å². The maximum absolute atomic E-state index is 13.5. The largest absolute Gasteiger partial charge is 0.508 e. The summed E-state index contributed by atoms with van der Waals surface area (Å²) in [5.74, 6) is -1.50. The molecule has 6 unspecified atom stereocenters. The summed E-state index contributed by atoms with van der Waals surface area (Å²) >= 11 is 0. The molecule has 0 saturated carbocycles. The number of aliphatic hydroxyl groups is 3. The predicted molar refractivity (Wildman–Crippen MR) is 142 cm³/mol. The van der Waals surface area contributed by atoms with E-state index in [-0.39, 0.29) is 18.1 Å². The van der Waals surface area contributed by atoms with Gasteiger partial charge < -0.3 is 39.4 Å². The summed E-state index contributed by atoms with van der Waals surface area (Å²) in [6.45, 7) is 4.68. The first-order valence-corrected chi connectivity index (χ1v) is 13.3. The third kappa shape index (κ3) is 5.15. The number of Topliss-reactive ketones (excluding diaryl/α,β-unsaturated/α-hetero) is 1. The molecule has 11 heteroatoms. The van der Waals surface area contributed by atoms with E-state index in [0.717, 1.165) is 11.6 Å². The van der Waals surface area contributed by atoms with E-state index in [1.165, 1.54) is 18.2 Å². The zero-order valence-corrected chi connectivity index (χ0v) is 22.8. The molecule has 11 nitrogen and oxygen atoms in total. The van der Waals surface area contributed by atoms with Gasteiger partial charge in [-0.25, -0.2) is 9.59 Å². The molecule has 6 atom stereocenters. The van der Waals surface area contributed by atoms with Gasteiger partial charge in [-0.05, 0) is 67.3 Å². The van der Waals surface area contributed by atoms with Crippen LogP contribution in [-0.2, 0) is 30.2 Å². The van der Waals surface area contributed by atoms with E-state index < -0.39 is 60.8 Å². The number of ketones is 1. The number of benzene rings is 2. The average Bonchev–Trinajstić information content (AvgIpc) is 3.13. The Morgan fingerprint density at radius 2 is 1.85 bits per heavy atom. The molecule has 0 radical (unpaired) electrons. The van der Waals surface area contributed by atoms with Crippen LogP contribution in [0.1, 0.15) is 62.9 Å². The summed E-state index contributed by atoms with van der Waals surface area (Å²) in [6.07, 6.45) is -5.56. The minimum Gasteiger partial charge on any atom is -0.508 e. The number of hydrogen-bond acceptors (Lipinski definition) is 11. The molecular formula is C30H32O11. The third-order valence-electron chi connectivity index (χ3n) is 7.94. The lowest BCUT2D eigenvalue weighted by molar-refractivity contribution is -0.318. The lowest BCUT2D eigenvalue weighted by Crippen LogP contribution is -2.60. The van der Waals surface area contributed by atoms with Crippen molar-refractivity contribution in [1.29, 1.82) is 0 Å². The fourth-order valence-corrected chi connectivity index (χ4v) is 5.66. The van der Waals surface area contributed by atoms with Gasteiger partial charge in [0.15, 0.2) is 18.2 Å². The van der Waals surface area contributed by atoms with Crippen LogP contribution in [0.3, 0.4) is 0 Å². The molecule has 218 valence electrons. The van der Waals surface area contributed by atoms with Crippen LogP contribution in [0.25, 0.3) is 6.08 Å². The molecule has 1 fully saturated rings. The Hall–Kier alpha value is -3.61. The zero-order chi connectivity index (χ0) is 29.6. The molecule has 0 amide bonds. The molecule has 0 bridgehead atoms. The Bertz CT molecular complexity index is 1390. The second-order valence-electron chi connectivity index (χ2n) is 11.0. The number of aromatic hydroxyl groups is 1.